The lowest BCUT2D eigenvalue weighted by atomic mass is 10.6. The molecule has 1 aromatic rings. The molecular formula is C4H7N5S. The molecule has 1 saturated heterocycles. The topological polar surface area (TPSA) is 65.6 Å². The molecule has 0 spiro atoms. The summed E-state index contributed by atoms with van der Waals surface area (Å²) in [6, 6.07) is 0. The van der Waals surface area contributed by atoms with Gasteiger partial charge in [-0.25, -0.2) is 15.8 Å². The Labute approximate surface area is 62.0 Å². The number of aromatic nitrogens is 3. The first-order chi connectivity index (χ1) is 4.97. The van der Waals surface area contributed by atoms with E-state index in [1.165, 1.54) is 6.33 Å². The maximum atomic E-state index is 4.01. The normalized spacial score (nSPS) is 25.4. The predicted molar refractivity (Wildman–Crippen MR) is 37.9 cm³/mol. The van der Waals surface area contributed by atoms with Crippen LogP contribution in [0.25, 0.3) is 0 Å². The Morgan fingerprint density at radius 2 is 2.70 bits per heavy atom. The average molecular weight is 157 g/mol. The molecule has 1 aromatic heterocycles. The quantitative estimate of drug-likeness (QED) is 0.517. The van der Waals surface area contributed by atoms with E-state index >= 15 is 0 Å². The third-order valence-corrected chi connectivity index (χ3v) is 2.22. The fraction of sp³-hybridized carbons (Fsp3) is 0.500. The van der Waals surface area contributed by atoms with Crippen molar-refractivity contribution < 1.29 is 0 Å². The Morgan fingerprint density at radius 3 is 3.30 bits per heavy atom. The fourth-order valence-corrected chi connectivity index (χ4v) is 1.56. The highest BCUT2D eigenvalue weighted by Crippen LogP contribution is 2.23. The second-order valence-electron chi connectivity index (χ2n) is 1.88. The van der Waals surface area contributed by atoms with Crippen molar-refractivity contribution in [3.63, 3.8) is 0 Å². The first kappa shape index (κ1) is 6.14. The molecule has 54 valence electrons. The van der Waals surface area contributed by atoms with E-state index in [1.807, 2.05) is 0 Å². The van der Waals surface area contributed by atoms with Gasteiger partial charge in [0.2, 0.25) is 0 Å². The number of hydrogen-bond donors (Lipinski definition) is 3. The number of nitrogens with zero attached hydrogens (tertiary/aromatic N) is 2. The van der Waals surface area contributed by atoms with Gasteiger partial charge in [-0.15, -0.1) is 11.8 Å². The van der Waals surface area contributed by atoms with Crippen molar-refractivity contribution in [3.8, 4) is 0 Å². The Morgan fingerprint density at radius 1 is 1.70 bits per heavy atom. The molecule has 1 unspecified atom stereocenters. The Kier molecular flexibility index (Phi) is 1.58. The molecule has 1 aliphatic heterocycles. The number of rotatable bonds is 1. The van der Waals surface area contributed by atoms with Crippen molar-refractivity contribution in [1.82, 2.24) is 26.0 Å². The highest BCUT2D eigenvalue weighted by Gasteiger charge is 2.18. The molecular weight excluding hydrogens is 150 g/mol. The summed E-state index contributed by atoms with van der Waals surface area (Å²) < 4.78 is 0. The van der Waals surface area contributed by atoms with Crippen LogP contribution in [0.15, 0.2) is 6.33 Å². The summed E-state index contributed by atoms with van der Waals surface area (Å²) in [4.78, 5) is 4.01. The second-order valence-corrected chi connectivity index (χ2v) is 2.98. The van der Waals surface area contributed by atoms with Gasteiger partial charge in [0.05, 0.1) is 5.88 Å². The number of hydrazine groups is 1. The third kappa shape index (κ3) is 1.00. The van der Waals surface area contributed by atoms with Crippen LogP contribution in [0.2, 0.25) is 0 Å². The number of thioether (sulfide) groups is 1. The van der Waals surface area contributed by atoms with Gasteiger partial charge in [0, 0.05) is 0 Å². The summed E-state index contributed by atoms with van der Waals surface area (Å²) in [5.41, 5.74) is 6.02. The van der Waals surface area contributed by atoms with Crippen LogP contribution < -0.4 is 10.9 Å². The van der Waals surface area contributed by atoms with Crippen molar-refractivity contribution in [2.24, 2.45) is 0 Å². The highest BCUT2D eigenvalue weighted by molar-refractivity contribution is 7.99. The summed E-state index contributed by atoms with van der Waals surface area (Å²) in [7, 11) is 0. The molecule has 0 aliphatic carbocycles. The molecule has 0 bridgehead atoms. The summed E-state index contributed by atoms with van der Waals surface area (Å²) in [5.74, 6) is 1.78. The molecule has 1 fully saturated rings. The van der Waals surface area contributed by atoms with Crippen molar-refractivity contribution in [1.29, 1.82) is 0 Å². The molecule has 3 N–H and O–H groups in total. The lowest BCUT2D eigenvalue weighted by Gasteiger charge is -2.01. The lowest BCUT2D eigenvalue weighted by molar-refractivity contribution is 0.591. The van der Waals surface area contributed by atoms with Crippen LogP contribution >= 0.6 is 11.8 Å². The van der Waals surface area contributed by atoms with Crippen LogP contribution in [0.1, 0.15) is 11.2 Å². The second kappa shape index (κ2) is 2.57. The van der Waals surface area contributed by atoms with Crippen molar-refractivity contribution in [3.05, 3.63) is 12.2 Å². The predicted octanol–water partition coefficient (Wildman–Crippen LogP) is -0.398. The molecule has 2 heterocycles. The first-order valence-corrected chi connectivity index (χ1v) is 3.97. The van der Waals surface area contributed by atoms with Gasteiger partial charge in [-0.3, -0.25) is 5.10 Å². The van der Waals surface area contributed by atoms with Gasteiger partial charge in [-0.1, -0.05) is 0 Å². The lowest BCUT2D eigenvalue weighted by Crippen LogP contribution is -2.25. The van der Waals surface area contributed by atoms with Gasteiger partial charge in [-0.05, 0) is 0 Å². The van der Waals surface area contributed by atoms with E-state index in [9.17, 15) is 0 Å². The van der Waals surface area contributed by atoms with E-state index in [2.05, 4.69) is 26.0 Å². The Hall–Kier alpha value is -0.590. The van der Waals surface area contributed by atoms with Gasteiger partial charge in [0.15, 0.2) is 5.82 Å². The molecule has 2 rings (SSSR count). The van der Waals surface area contributed by atoms with E-state index in [4.69, 9.17) is 0 Å². The SMILES string of the molecule is c1n[nH]c(C2NNCS2)n1. The number of H-pyrrole nitrogens is 1. The van der Waals surface area contributed by atoms with Crippen LogP contribution in [0, 0.1) is 0 Å². The standard InChI is InChI=1S/C4H7N5S/c1-5-3(8-6-1)4-9-7-2-10-4/h1,4,7,9H,2H2,(H,5,6,8). The summed E-state index contributed by atoms with van der Waals surface area (Å²) in [5, 5.41) is 6.77. The monoisotopic (exact) mass is 157 g/mol. The zero-order chi connectivity index (χ0) is 6.81. The van der Waals surface area contributed by atoms with E-state index in [0.29, 0.717) is 0 Å². The minimum Gasteiger partial charge on any atom is -0.261 e. The van der Waals surface area contributed by atoms with Gasteiger partial charge in [0.1, 0.15) is 11.7 Å². The smallest absolute Gasteiger partial charge is 0.153 e. The summed E-state index contributed by atoms with van der Waals surface area (Å²) in [6.45, 7) is 0. The van der Waals surface area contributed by atoms with E-state index < -0.39 is 0 Å². The minimum atomic E-state index is 0.225. The zero-order valence-electron chi connectivity index (χ0n) is 5.16. The number of hydrogen-bond acceptors (Lipinski definition) is 5. The van der Waals surface area contributed by atoms with Crippen LogP contribution in [0.5, 0.6) is 0 Å². The van der Waals surface area contributed by atoms with Gasteiger partial charge in [0.25, 0.3) is 0 Å². The highest BCUT2D eigenvalue weighted by atomic mass is 32.2. The van der Waals surface area contributed by atoms with E-state index in [0.717, 1.165) is 11.7 Å². The van der Waals surface area contributed by atoms with Crippen LogP contribution in [0.4, 0.5) is 0 Å². The largest absolute Gasteiger partial charge is 0.261 e. The molecule has 0 aromatic carbocycles. The van der Waals surface area contributed by atoms with Gasteiger partial charge in [-0.2, -0.15) is 5.10 Å². The van der Waals surface area contributed by atoms with Gasteiger partial charge >= 0.3 is 0 Å². The minimum absolute atomic E-state index is 0.225. The fourth-order valence-electron chi connectivity index (χ4n) is 0.790. The van der Waals surface area contributed by atoms with Gasteiger partial charge < -0.3 is 0 Å². The van der Waals surface area contributed by atoms with Crippen molar-refractivity contribution in [2.75, 3.05) is 5.88 Å². The number of nitrogens with one attached hydrogen (secondary N) is 3. The molecule has 1 aliphatic rings. The Balaban J connectivity index is 2.12. The maximum absolute atomic E-state index is 4.01. The molecule has 10 heavy (non-hydrogen) atoms. The van der Waals surface area contributed by atoms with E-state index in [-0.39, 0.29) is 5.37 Å². The van der Waals surface area contributed by atoms with Crippen molar-refractivity contribution >= 4 is 11.8 Å². The maximum Gasteiger partial charge on any atom is 0.153 e. The molecule has 0 saturated carbocycles. The molecule has 0 radical (unpaired) electrons. The molecule has 1 atom stereocenters. The average Bonchev–Trinajstić information content (AvgIpc) is 2.59. The van der Waals surface area contributed by atoms with Crippen LogP contribution in [-0.2, 0) is 0 Å². The van der Waals surface area contributed by atoms with Crippen LogP contribution in [-0.4, -0.2) is 21.1 Å². The van der Waals surface area contributed by atoms with Crippen LogP contribution in [0.3, 0.4) is 0 Å². The number of aromatic amines is 1. The van der Waals surface area contributed by atoms with Crippen molar-refractivity contribution in [2.45, 2.75) is 5.37 Å². The zero-order valence-corrected chi connectivity index (χ0v) is 5.98. The van der Waals surface area contributed by atoms with E-state index in [1.54, 1.807) is 11.8 Å². The summed E-state index contributed by atoms with van der Waals surface area (Å²) in [6.07, 6.45) is 1.51. The molecule has 5 nitrogen and oxygen atoms in total. The molecule has 0 amide bonds. The Bertz CT molecular complexity index is 191. The third-order valence-electron chi connectivity index (χ3n) is 1.24. The molecule has 6 heteroatoms. The summed E-state index contributed by atoms with van der Waals surface area (Å²) >= 11 is 1.74. The first-order valence-electron chi connectivity index (χ1n) is 2.92.